The first-order valence-electron chi connectivity index (χ1n) is 10.9. The third kappa shape index (κ3) is 4.05. The molecule has 4 aromatic rings. The number of ketones is 1. The second-order valence-electron chi connectivity index (χ2n) is 8.34. The quantitative estimate of drug-likeness (QED) is 0.458. The highest BCUT2D eigenvalue weighted by atomic mass is 19.1. The van der Waals surface area contributed by atoms with E-state index in [2.05, 4.69) is 25.4 Å². The molecular weight excluding hydrogens is 441 g/mol. The van der Waals surface area contributed by atoms with E-state index in [9.17, 15) is 19.1 Å². The Morgan fingerprint density at radius 2 is 2.09 bits per heavy atom. The van der Waals surface area contributed by atoms with E-state index >= 15 is 0 Å². The maximum atomic E-state index is 13.9. The van der Waals surface area contributed by atoms with Crippen LogP contribution in [0, 0.1) is 18.7 Å². The van der Waals surface area contributed by atoms with E-state index in [0.717, 1.165) is 5.56 Å². The number of carbonyl (C=O) groups is 2. The number of imidazole rings is 1. The maximum Gasteiger partial charge on any atom is 0.270 e. The number of hydrogen-bond acceptors (Lipinski definition) is 7. The monoisotopic (exact) mass is 463 g/mol. The number of nitrogens with zero attached hydrogens (tertiary/aromatic N) is 6. The number of Topliss-reactive ketones (excluding diaryl/α,β-unsaturated/α-hetero) is 1. The van der Waals surface area contributed by atoms with E-state index in [1.165, 1.54) is 23.1 Å². The fourth-order valence-electron chi connectivity index (χ4n) is 4.36. The second-order valence-corrected chi connectivity index (χ2v) is 8.34. The van der Waals surface area contributed by atoms with Gasteiger partial charge in [-0.25, -0.2) is 24.0 Å². The van der Waals surface area contributed by atoms with Crippen LogP contribution in [0.5, 0.6) is 0 Å². The van der Waals surface area contributed by atoms with Crippen molar-refractivity contribution in [3.05, 3.63) is 72.1 Å². The molecule has 174 valence electrons. The molecular formula is C23H22FN7O3. The third-order valence-electron chi connectivity index (χ3n) is 6.17. The van der Waals surface area contributed by atoms with Crippen LogP contribution in [0.3, 0.4) is 0 Å². The zero-order valence-electron chi connectivity index (χ0n) is 18.3. The van der Waals surface area contributed by atoms with Crippen molar-refractivity contribution in [3.8, 4) is 5.69 Å². The van der Waals surface area contributed by atoms with Gasteiger partial charge in [0.1, 0.15) is 29.8 Å². The van der Waals surface area contributed by atoms with Crippen molar-refractivity contribution in [3.63, 3.8) is 0 Å². The first-order chi connectivity index (χ1) is 16.4. The van der Waals surface area contributed by atoms with Gasteiger partial charge in [-0.15, -0.1) is 0 Å². The number of benzene rings is 1. The predicted molar refractivity (Wildman–Crippen MR) is 118 cm³/mol. The zero-order valence-corrected chi connectivity index (χ0v) is 18.3. The molecule has 0 saturated heterocycles. The zero-order chi connectivity index (χ0) is 23.8. The molecule has 0 radical (unpaired) electrons. The van der Waals surface area contributed by atoms with Gasteiger partial charge in [-0.05, 0) is 49.9 Å². The largest absolute Gasteiger partial charge is 0.383 e. The van der Waals surface area contributed by atoms with Crippen molar-refractivity contribution in [1.29, 1.82) is 0 Å². The number of fused-ring (bicyclic) bond motifs is 1. The van der Waals surface area contributed by atoms with Gasteiger partial charge in [-0.3, -0.25) is 14.0 Å². The average molecular weight is 463 g/mol. The highest BCUT2D eigenvalue weighted by Crippen LogP contribution is 2.28. The minimum Gasteiger partial charge on any atom is -0.383 e. The highest BCUT2D eigenvalue weighted by molar-refractivity contribution is 5.94. The first-order valence-corrected chi connectivity index (χ1v) is 10.9. The van der Waals surface area contributed by atoms with E-state index < -0.39 is 29.8 Å². The summed E-state index contributed by atoms with van der Waals surface area (Å²) in [6.45, 7) is 1.75. The SMILES string of the molecule is Cc1ncnn1-c1cc(F)ccc1CC1CCC(NC(=O)c2ccn3ccnc3n2)C(O)C1=O. The number of amides is 1. The molecule has 0 bridgehead atoms. The Balaban J connectivity index is 1.29. The Kier molecular flexibility index (Phi) is 5.62. The van der Waals surface area contributed by atoms with E-state index in [4.69, 9.17) is 0 Å². The molecule has 3 atom stereocenters. The lowest BCUT2D eigenvalue weighted by Crippen LogP contribution is -2.52. The van der Waals surface area contributed by atoms with E-state index in [0.29, 0.717) is 36.6 Å². The van der Waals surface area contributed by atoms with E-state index in [1.54, 1.807) is 42.0 Å². The molecule has 2 N–H and O–H groups in total. The van der Waals surface area contributed by atoms with Crippen LogP contribution in [0.4, 0.5) is 4.39 Å². The van der Waals surface area contributed by atoms with Crippen molar-refractivity contribution in [2.45, 2.75) is 38.3 Å². The number of aliphatic hydroxyl groups excluding tert-OH is 1. The Morgan fingerprint density at radius 3 is 2.88 bits per heavy atom. The van der Waals surface area contributed by atoms with Gasteiger partial charge in [-0.2, -0.15) is 5.10 Å². The number of nitrogens with one attached hydrogen (secondary N) is 1. The smallest absolute Gasteiger partial charge is 0.270 e. The summed E-state index contributed by atoms with van der Waals surface area (Å²) in [6.07, 6.45) is 6.16. The van der Waals surface area contributed by atoms with Crippen LogP contribution in [0.2, 0.25) is 0 Å². The number of halogens is 1. The van der Waals surface area contributed by atoms with Gasteiger partial charge in [0.2, 0.25) is 5.78 Å². The van der Waals surface area contributed by atoms with Gasteiger partial charge in [-0.1, -0.05) is 6.07 Å². The molecule has 3 aromatic heterocycles. The van der Waals surface area contributed by atoms with Crippen LogP contribution in [0.25, 0.3) is 11.5 Å². The molecule has 1 aliphatic rings. The molecule has 1 amide bonds. The number of aromatic nitrogens is 6. The topological polar surface area (TPSA) is 127 Å². The molecule has 0 spiro atoms. The van der Waals surface area contributed by atoms with Crippen LogP contribution in [0.1, 0.15) is 34.7 Å². The maximum absolute atomic E-state index is 13.9. The molecule has 1 aromatic carbocycles. The standard InChI is InChI=1S/C23H22FN7O3/c1-13-26-12-27-31(13)19-11-16(24)4-2-14(19)10-15-3-5-17(21(33)20(15)32)28-22(34)18-6-8-30-9-7-25-23(30)29-18/h2,4,6-9,11-12,15,17,21,33H,3,5,10H2,1H3,(H,28,34). The van der Waals surface area contributed by atoms with Crippen molar-refractivity contribution < 1.29 is 19.1 Å². The fraction of sp³-hybridized carbons (Fsp3) is 0.304. The molecule has 1 saturated carbocycles. The number of hydrogen-bond donors (Lipinski definition) is 2. The number of rotatable bonds is 5. The summed E-state index contributed by atoms with van der Waals surface area (Å²) >= 11 is 0. The Morgan fingerprint density at radius 1 is 1.24 bits per heavy atom. The van der Waals surface area contributed by atoms with E-state index in [-0.39, 0.29) is 11.5 Å². The normalized spacial score (nSPS) is 20.6. The number of aryl methyl sites for hydroxylation is 1. The molecule has 0 aliphatic heterocycles. The summed E-state index contributed by atoms with van der Waals surface area (Å²) in [6, 6.07) is 5.14. The van der Waals surface area contributed by atoms with E-state index in [1.807, 2.05) is 0 Å². The average Bonchev–Trinajstić information content (AvgIpc) is 3.47. The Labute approximate surface area is 193 Å². The van der Waals surface area contributed by atoms with Crippen LogP contribution >= 0.6 is 0 Å². The van der Waals surface area contributed by atoms with Gasteiger partial charge in [0.05, 0.1) is 11.7 Å². The summed E-state index contributed by atoms with van der Waals surface area (Å²) < 4.78 is 17.1. The van der Waals surface area contributed by atoms with Crippen molar-refractivity contribution >= 4 is 17.5 Å². The summed E-state index contributed by atoms with van der Waals surface area (Å²) in [5.41, 5.74) is 1.38. The van der Waals surface area contributed by atoms with Crippen LogP contribution < -0.4 is 5.32 Å². The lowest BCUT2D eigenvalue weighted by Gasteiger charge is -2.32. The molecule has 11 heteroatoms. The minimum absolute atomic E-state index is 0.152. The second kappa shape index (κ2) is 8.75. The van der Waals surface area contributed by atoms with Crippen LogP contribution in [-0.4, -0.2) is 58.1 Å². The lowest BCUT2D eigenvalue weighted by atomic mass is 9.79. The molecule has 34 heavy (non-hydrogen) atoms. The van der Waals surface area contributed by atoms with Crippen LogP contribution in [-0.2, 0) is 11.2 Å². The molecule has 3 heterocycles. The molecule has 1 aliphatic carbocycles. The predicted octanol–water partition coefficient (Wildman–Crippen LogP) is 1.44. The van der Waals surface area contributed by atoms with Gasteiger partial charge in [0, 0.05) is 24.5 Å². The van der Waals surface area contributed by atoms with Crippen molar-refractivity contribution in [1.82, 2.24) is 34.4 Å². The number of aliphatic hydroxyl groups is 1. The minimum atomic E-state index is -1.35. The molecule has 5 rings (SSSR count). The third-order valence-corrected chi connectivity index (χ3v) is 6.17. The van der Waals surface area contributed by atoms with Gasteiger partial charge in [0.15, 0.2) is 5.78 Å². The molecule has 10 nitrogen and oxygen atoms in total. The first kappa shape index (κ1) is 21.8. The summed E-state index contributed by atoms with van der Waals surface area (Å²) in [5.74, 6) is -0.774. The summed E-state index contributed by atoms with van der Waals surface area (Å²) in [7, 11) is 0. The lowest BCUT2D eigenvalue weighted by molar-refractivity contribution is -0.135. The van der Waals surface area contributed by atoms with Gasteiger partial charge < -0.3 is 10.4 Å². The number of carbonyl (C=O) groups excluding carboxylic acids is 2. The van der Waals surface area contributed by atoms with Crippen molar-refractivity contribution in [2.24, 2.45) is 5.92 Å². The molecule has 3 unspecified atom stereocenters. The van der Waals surface area contributed by atoms with Crippen molar-refractivity contribution in [2.75, 3.05) is 0 Å². The van der Waals surface area contributed by atoms with Crippen LogP contribution in [0.15, 0.2) is 49.2 Å². The van der Waals surface area contributed by atoms with Gasteiger partial charge in [0.25, 0.3) is 5.91 Å². The summed E-state index contributed by atoms with van der Waals surface area (Å²) in [5, 5.41) is 17.5. The molecule has 1 fully saturated rings. The fourth-order valence-corrected chi connectivity index (χ4v) is 4.36. The van der Waals surface area contributed by atoms with Gasteiger partial charge >= 0.3 is 0 Å². The Bertz CT molecular complexity index is 1380. The summed E-state index contributed by atoms with van der Waals surface area (Å²) in [4.78, 5) is 38.0. The Hall–Kier alpha value is -3.99. The highest BCUT2D eigenvalue weighted by Gasteiger charge is 2.38.